The lowest BCUT2D eigenvalue weighted by molar-refractivity contribution is -0.123. The molecule has 0 aliphatic carbocycles. The highest BCUT2D eigenvalue weighted by molar-refractivity contribution is 7.20. The molecule has 1 unspecified atom stereocenters. The van der Waals surface area contributed by atoms with Crippen molar-refractivity contribution in [1.29, 1.82) is 0 Å². The zero-order chi connectivity index (χ0) is 11.4. The van der Waals surface area contributed by atoms with Crippen LogP contribution >= 0.6 is 22.9 Å². The van der Waals surface area contributed by atoms with Gasteiger partial charge in [-0.05, 0) is 18.6 Å². The molecule has 0 aromatic carbocycles. The van der Waals surface area contributed by atoms with Crippen LogP contribution in [0.25, 0.3) is 0 Å². The van der Waals surface area contributed by atoms with E-state index in [9.17, 15) is 4.79 Å². The third-order valence-corrected chi connectivity index (χ3v) is 3.59. The molecule has 0 saturated heterocycles. The minimum Gasteiger partial charge on any atom is -0.396 e. The topological polar surface area (TPSA) is 40.5 Å². The second-order valence-corrected chi connectivity index (χ2v) is 4.96. The highest BCUT2D eigenvalue weighted by Gasteiger charge is 2.21. The zero-order valence-corrected chi connectivity index (χ0v) is 10.3. The Morgan fingerprint density at radius 3 is 2.73 bits per heavy atom. The molecule has 1 heterocycles. The first-order valence-electron chi connectivity index (χ1n) is 4.73. The van der Waals surface area contributed by atoms with E-state index in [1.807, 2.05) is 6.92 Å². The van der Waals surface area contributed by atoms with Gasteiger partial charge in [0.1, 0.15) is 0 Å². The van der Waals surface area contributed by atoms with Crippen LogP contribution < -0.4 is 4.90 Å². The number of aliphatic hydroxyl groups excluding tert-OH is 1. The number of amides is 1. The van der Waals surface area contributed by atoms with Gasteiger partial charge in [-0.3, -0.25) is 4.79 Å². The fourth-order valence-corrected chi connectivity index (χ4v) is 2.25. The molecule has 0 bridgehead atoms. The van der Waals surface area contributed by atoms with Crippen LogP contribution in [-0.4, -0.2) is 24.7 Å². The summed E-state index contributed by atoms with van der Waals surface area (Å²) in [5.74, 6) is -0.394. The molecule has 84 valence electrons. The highest BCUT2D eigenvalue weighted by Crippen LogP contribution is 2.29. The van der Waals surface area contributed by atoms with Gasteiger partial charge in [-0.1, -0.05) is 18.5 Å². The van der Waals surface area contributed by atoms with Gasteiger partial charge in [-0.2, -0.15) is 0 Å². The molecule has 1 rings (SSSR count). The van der Waals surface area contributed by atoms with Crippen molar-refractivity contribution in [2.45, 2.75) is 13.3 Å². The number of nitrogens with zero attached hydrogens (tertiary/aromatic N) is 1. The molecule has 0 aliphatic heterocycles. The fraction of sp³-hybridized carbons (Fsp3) is 0.500. The van der Waals surface area contributed by atoms with Crippen LogP contribution in [0.15, 0.2) is 12.1 Å². The summed E-state index contributed by atoms with van der Waals surface area (Å²) in [5, 5.41) is 9.83. The number of hydrogen-bond donors (Lipinski definition) is 1. The maximum atomic E-state index is 11.8. The predicted molar refractivity (Wildman–Crippen MR) is 63.6 cm³/mol. The van der Waals surface area contributed by atoms with E-state index in [1.165, 1.54) is 11.3 Å². The third-order valence-electron chi connectivity index (χ3n) is 2.28. The molecule has 0 saturated carbocycles. The van der Waals surface area contributed by atoms with Gasteiger partial charge >= 0.3 is 0 Å². The van der Waals surface area contributed by atoms with Crippen molar-refractivity contribution >= 4 is 33.8 Å². The molecule has 1 N–H and O–H groups in total. The molecule has 0 aliphatic rings. The van der Waals surface area contributed by atoms with Gasteiger partial charge in [0, 0.05) is 7.05 Å². The number of carbonyl (C=O) groups is 1. The van der Waals surface area contributed by atoms with Gasteiger partial charge in [0.05, 0.1) is 21.9 Å². The van der Waals surface area contributed by atoms with Gasteiger partial charge in [-0.25, -0.2) is 0 Å². The second kappa shape index (κ2) is 5.49. The van der Waals surface area contributed by atoms with Gasteiger partial charge in [0.25, 0.3) is 0 Å². The van der Waals surface area contributed by atoms with Crippen molar-refractivity contribution in [3.05, 3.63) is 16.5 Å². The molecule has 0 fully saturated rings. The van der Waals surface area contributed by atoms with E-state index in [2.05, 4.69) is 0 Å². The molecule has 0 radical (unpaired) electrons. The highest BCUT2D eigenvalue weighted by atomic mass is 35.5. The second-order valence-electron chi connectivity index (χ2n) is 3.26. The standard InChI is InChI=1S/C10H14ClNO2S/c1-3-7(6-13)10(14)12(2)9-5-4-8(11)15-9/h4-5,7,13H,3,6H2,1-2H3. The zero-order valence-electron chi connectivity index (χ0n) is 8.74. The quantitative estimate of drug-likeness (QED) is 0.888. The first-order valence-corrected chi connectivity index (χ1v) is 5.93. The van der Waals surface area contributed by atoms with Crippen LogP contribution in [0.2, 0.25) is 4.34 Å². The van der Waals surface area contributed by atoms with Crippen molar-refractivity contribution in [3.63, 3.8) is 0 Å². The number of aliphatic hydroxyl groups is 1. The van der Waals surface area contributed by atoms with E-state index in [4.69, 9.17) is 16.7 Å². The molecule has 15 heavy (non-hydrogen) atoms. The number of thiophene rings is 1. The Bertz CT molecular complexity index is 336. The summed E-state index contributed by atoms with van der Waals surface area (Å²) in [6.45, 7) is 1.77. The number of anilines is 1. The van der Waals surface area contributed by atoms with Crippen LogP contribution in [0.4, 0.5) is 5.00 Å². The molecular formula is C10H14ClNO2S. The van der Waals surface area contributed by atoms with Crippen LogP contribution in [-0.2, 0) is 4.79 Å². The molecule has 1 aromatic heterocycles. The Hall–Kier alpha value is -0.580. The fourth-order valence-electron chi connectivity index (χ4n) is 1.25. The number of hydrogen-bond acceptors (Lipinski definition) is 3. The first kappa shape index (κ1) is 12.5. The van der Waals surface area contributed by atoms with Crippen molar-refractivity contribution in [1.82, 2.24) is 0 Å². The lowest BCUT2D eigenvalue weighted by Gasteiger charge is -2.20. The van der Waals surface area contributed by atoms with E-state index in [0.717, 1.165) is 5.00 Å². The van der Waals surface area contributed by atoms with Crippen molar-refractivity contribution in [2.24, 2.45) is 5.92 Å². The Kier molecular flexibility index (Phi) is 4.57. The SMILES string of the molecule is CCC(CO)C(=O)N(C)c1ccc(Cl)s1. The lowest BCUT2D eigenvalue weighted by Crippen LogP contribution is -2.33. The van der Waals surface area contributed by atoms with E-state index >= 15 is 0 Å². The maximum Gasteiger partial charge on any atom is 0.232 e. The summed E-state index contributed by atoms with van der Waals surface area (Å²) in [6.07, 6.45) is 0.638. The van der Waals surface area contributed by atoms with Gasteiger partial charge in [-0.15, -0.1) is 11.3 Å². The largest absolute Gasteiger partial charge is 0.396 e. The smallest absolute Gasteiger partial charge is 0.232 e. The summed E-state index contributed by atoms with van der Waals surface area (Å²) in [4.78, 5) is 13.4. The summed E-state index contributed by atoms with van der Waals surface area (Å²) >= 11 is 7.14. The molecule has 1 atom stereocenters. The molecule has 3 nitrogen and oxygen atoms in total. The normalized spacial score (nSPS) is 12.5. The summed E-state index contributed by atoms with van der Waals surface area (Å²) in [5.41, 5.74) is 0. The average Bonchev–Trinajstić information content (AvgIpc) is 2.65. The van der Waals surface area contributed by atoms with E-state index < -0.39 is 0 Å². The molecule has 5 heteroatoms. The maximum absolute atomic E-state index is 11.8. The monoisotopic (exact) mass is 247 g/mol. The van der Waals surface area contributed by atoms with Crippen LogP contribution in [0.3, 0.4) is 0 Å². The summed E-state index contributed by atoms with van der Waals surface area (Å²) in [7, 11) is 1.70. The van der Waals surface area contributed by atoms with Gasteiger partial charge in [0.2, 0.25) is 5.91 Å². The predicted octanol–water partition coefficient (Wildman–Crippen LogP) is 2.38. The van der Waals surface area contributed by atoms with Gasteiger partial charge in [0.15, 0.2) is 0 Å². The lowest BCUT2D eigenvalue weighted by atomic mass is 10.1. The van der Waals surface area contributed by atoms with Crippen molar-refractivity contribution in [2.75, 3.05) is 18.6 Å². The van der Waals surface area contributed by atoms with Crippen LogP contribution in [0.5, 0.6) is 0 Å². The molecule has 1 aromatic rings. The first-order chi connectivity index (χ1) is 7.10. The Labute approximate surface area is 98.3 Å². The number of rotatable bonds is 4. The van der Waals surface area contributed by atoms with Crippen LogP contribution in [0, 0.1) is 5.92 Å². The van der Waals surface area contributed by atoms with Gasteiger partial charge < -0.3 is 10.0 Å². The van der Waals surface area contributed by atoms with E-state index in [-0.39, 0.29) is 18.4 Å². The summed E-state index contributed by atoms with van der Waals surface area (Å²) < 4.78 is 0.654. The summed E-state index contributed by atoms with van der Waals surface area (Å²) in [6, 6.07) is 3.56. The van der Waals surface area contributed by atoms with E-state index in [0.29, 0.717) is 10.8 Å². The Balaban J connectivity index is 2.76. The minimum atomic E-state index is -0.323. The molecular weight excluding hydrogens is 234 g/mol. The average molecular weight is 248 g/mol. The van der Waals surface area contributed by atoms with Crippen molar-refractivity contribution in [3.8, 4) is 0 Å². The third kappa shape index (κ3) is 2.93. The molecule has 1 amide bonds. The van der Waals surface area contributed by atoms with Crippen LogP contribution in [0.1, 0.15) is 13.3 Å². The van der Waals surface area contributed by atoms with Crippen molar-refractivity contribution < 1.29 is 9.90 Å². The minimum absolute atomic E-state index is 0.0708. The Morgan fingerprint density at radius 1 is 1.67 bits per heavy atom. The Morgan fingerprint density at radius 2 is 2.33 bits per heavy atom. The number of carbonyl (C=O) groups excluding carboxylic acids is 1. The number of halogens is 1. The van der Waals surface area contributed by atoms with E-state index in [1.54, 1.807) is 24.1 Å². The molecule has 0 spiro atoms.